The molecule has 0 spiro atoms. The van der Waals surface area contributed by atoms with E-state index in [0.29, 0.717) is 11.5 Å². The fourth-order valence-corrected chi connectivity index (χ4v) is 4.72. The topological polar surface area (TPSA) is 48.7 Å². The van der Waals surface area contributed by atoms with Crippen molar-refractivity contribution in [2.75, 3.05) is 46.9 Å². The normalized spacial score (nSPS) is 17.0. The van der Waals surface area contributed by atoms with Gasteiger partial charge in [-0.2, -0.15) is 5.26 Å². The van der Waals surface area contributed by atoms with Gasteiger partial charge in [0.25, 0.3) is 0 Å². The van der Waals surface area contributed by atoms with Crippen LogP contribution in [0.3, 0.4) is 0 Å². The van der Waals surface area contributed by atoms with Gasteiger partial charge in [0.1, 0.15) is 0 Å². The molecule has 1 fully saturated rings. The largest absolute Gasteiger partial charge is 0.493 e. The Bertz CT molecular complexity index is 886. The number of rotatable bonds is 10. The zero-order valence-corrected chi connectivity index (χ0v) is 20.0. The van der Waals surface area contributed by atoms with E-state index in [1.807, 2.05) is 18.2 Å². The number of benzene rings is 2. The molecule has 1 aliphatic rings. The van der Waals surface area contributed by atoms with Crippen LogP contribution in [0.15, 0.2) is 48.5 Å². The van der Waals surface area contributed by atoms with E-state index in [4.69, 9.17) is 9.47 Å². The predicted molar refractivity (Wildman–Crippen MR) is 129 cm³/mol. The molecule has 172 valence electrons. The van der Waals surface area contributed by atoms with Crippen LogP contribution in [0.5, 0.6) is 11.5 Å². The molecule has 2 aromatic rings. The molecule has 1 atom stereocenters. The summed E-state index contributed by atoms with van der Waals surface area (Å²) >= 11 is 0. The van der Waals surface area contributed by atoms with E-state index in [0.717, 1.165) is 57.7 Å². The van der Waals surface area contributed by atoms with Gasteiger partial charge in [0.05, 0.1) is 25.7 Å². The lowest BCUT2D eigenvalue weighted by Crippen LogP contribution is -2.46. The maximum absolute atomic E-state index is 10.3. The van der Waals surface area contributed by atoms with Crippen molar-refractivity contribution < 1.29 is 9.47 Å². The molecule has 2 aromatic carbocycles. The van der Waals surface area contributed by atoms with E-state index in [1.54, 1.807) is 14.2 Å². The summed E-state index contributed by atoms with van der Waals surface area (Å²) < 4.78 is 10.9. The molecule has 3 rings (SSSR count). The first-order valence-corrected chi connectivity index (χ1v) is 11.6. The number of methoxy groups -OCH3 is 2. The summed E-state index contributed by atoms with van der Waals surface area (Å²) in [5.74, 6) is 1.58. The molecular formula is C27H37N3O2. The zero-order chi connectivity index (χ0) is 23.0. The van der Waals surface area contributed by atoms with E-state index < -0.39 is 5.41 Å². The minimum absolute atomic E-state index is 0.202. The van der Waals surface area contributed by atoms with Crippen LogP contribution in [0, 0.1) is 17.2 Å². The first-order chi connectivity index (χ1) is 15.5. The lowest BCUT2D eigenvalue weighted by atomic mass is 9.69. The molecule has 5 nitrogen and oxygen atoms in total. The van der Waals surface area contributed by atoms with Crippen LogP contribution in [0.2, 0.25) is 0 Å². The lowest BCUT2D eigenvalue weighted by molar-refractivity contribution is 0.123. The standard InChI is InChI=1S/C27H37N3O2/c1-22(2)27(21-28,24-11-12-25(31-3)26(19-24)32-4)13-8-14-29-15-17-30(18-16-29)20-23-9-6-5-7-10-23/h5-7,9-12,19,22H,8,13-18,20H2,1-4H3/t27-/m0/s1. The van der Waals surface area contributed by atoms with Crippen molar-refractivity contribution >= 4 is 0 Å². The third-order valence-corrected chi connectivity index (χ3v) is 6.84. The summed E-state index contributed by atoms with van der Waals surface area (Å²) in [7, 11) is 3.28. The highest BCUT2D eigenvalue weighted by atomic mass is 16.5. The number of nitriles is 1. The Labute approximate surface area is 193 Å². The molecule has 5 heteroatoms. The third kappa shape index (κ3) is 5.62. The van der Waals surface area contributed by atoms with Crippen molar-refractivity contribution in [2.45, 2.75) is 38.6 Å². The molecule has 0 unspecified atom stereocenters. The average Bonchev–Trinajstić information content (AvgIpc) is 2.83. The molecule has 0 bridgehead atoms. The van der Waals surface area contributed by atoms with Crippen molar-refractivity contribution in [3.05, 3.63) is 59.7 Å². The van der Waals surface area contributed by atoms with Crippen LogP contribution in [0.1, 0.15) is 37.8 Å². The van der Waals surface area contributed by atoms with Gasteiger partial charge in [-0.15, -0.1) is 0 Å². The van der Waals surface area contributed by atoms with Gasteiger partial charge < -0.3 is 14.4 Å². The lowest BCUT2D eigenvalue weighted by Gasteiger charge is -2.36. The minimum atomic E-state index is -0.533. The molecule has 32 heavy (non-hydrogen) atoms. The highest BCUT2D eigenvalue weighted by Crippen LogP contribution is 2.40. The zero-order valence-electron chi connectivity index (χ0n) is 20.0. The quantitative estimate of drug-likeness (QED) is 0.540. The monoisotopic (exact) mass is 435 g/mol. The van der Waals surface area contributed by atoms with E-state index in [1.165, 1.54) is 5.56 Å². The molecule has 0 amide bonds. The summed E-state index contributed by atoms with van der Waals surface area (Å²) in [6, 6.07) is 19.3. The van der Waals surface area contributed by atoms with Crippen LogP contribution in [-0.4, -0.2) is 56.7 Å². The Morgan fingerprint density at radius 1 is 0.938 bits per heavy atom. The summed E-state index contributed by atoms with van der Waals surface area (Å²) in [6.45, 7) is 10.7. The highest BCUT2D eigenvalue weighted by molar-refractivity contribution is 5.47. The summed E-state index contributed by atoms with van der Waals surface area (Å²) in [5.41, 5.74) is 1.86. The van der Waals surface area contributed by atoms with Gasteiger partial charge in [-0.1, -0.05) is 50.2 Å². The Morgan fingerprint density at radius 3 is 2.19 bits per heavy atom. The molecule has 0 aromatic heterocycles. The summed E-state index contributed by atoms with van der Waals surface area (Å²) in [4.78, 5) is 5.07. The van der Waals surface area contributed by atoms with Gasteiger partial charge in [-0.3, -0.25) is 4.90 Å². The second-order valence-electron chi connectivity index (χ2n) is 9.01. The van der Waals surface area contributed by atoms with Crippen molar-refractivity contribution in [1.29, 1.82) is 5.26 Å². The Kier molecular flexibility index (Phi) is 8.55. The fourth-order valence-electron chi connectivity index (χ4n) is 4.72. The van der Waals surface area contributed by atoms with Gasteiger partial charge in [-0.25, -0.2) is 0 Å². The molecule has 1 saturated heterocycles. The second kappa shape index (κ2) is 11.4. The number of nitrogens with zero attached hydrogens (tertiary/aromatic N) is 3. The van der Waals surface area contributed by atoms with Crippen LogP contribution in [0.4, 0.5) is 0 Å². The van der Waals surface area contributed by atoms with Gasteiger partial charge in [0, 0.05) is 32.7 Å². The minimum Gasteiger partial charge on any atom is -0.493 e. The molecule has 1 aliphatic heterocycles. The predicted octanol–water partition coefficient (Wildman–Crippen LogP) is 4.72. The van der Waals surface area contributed by atoms with Crippen molar-refractivity contribution in [3.63, 3.8) is 0 Å². The Hall–Kier alpha value is -2.55. The number of hydrogen-bond donors (Lipinski definition) is 0. The first-order valence-electron chi connectivity index (χ1n) is 11.6. The fraction of sp³-hybridized carbons (Fsp3) is 0.519. The molecule has 0 radical (unpaired) electrons. The number of piperazine rings is 1. The first kappa shape index (κ1) is 24.1. The molecule has 0 saturated carbocycles. The SMILES string of the molecule is COc1ccc([C@](C#N)(CCCN2CCN(Cc3ccccc3)CC2)C(C)C)cc1OC. The molecular weight excluding hydrogens is 398 g/mol. The van der Waals surface area contributed by atoms with E-state index in [-0.39, 0.29) is 5.92 Å². The van der Waals surface area contributed by atoms with Crippen LogP contribution < -0.4 is 9.47 Å². The van der Waals surface area contributed by atoms with Crippen LogP contribution >= 0.6 is 0 Å². The number of hydrogen-bond acceptors (Lipinski definition) is 5. The second-order valence-corrected chi connectivity index (χ2v) is 9.01. The Balaban J connectivity index is 1.57. The maximum atomic E-state index is 10.3. The molecule has 1 heterocycles. The van der Waals surface area contributed by atoms with Crippen LogP contribution in [-0.2, 0) is 12.0 Å². The Morgan fingerprint density at radius 2 is 1.59 bits per heavy atom. The van der Waals surface area contributed by atoms with Crippen LogP contribution in [0.25, 0.3) is 0 Å². The van der Waals surface area contributed by atoms with Gasteiger partial charge in [0.2, 0.25) is 0 Å². The van der Waals surface area contributed by atoms with Gasteiger partial charge in [0.15, 0.2) is 11.5 Å². The van der Waals surface area contributed by atoms with E-state index in [2.05, 4.69) is 60.0 Å². The number of ether oxygens (including phenoxy) is 2. The van der Waals surface area contributed by atoms with Crippen molar-refractivity contribution in [1.82, 2.24) is 9.80 Å². The molecule has 0 aliphatic carbocycles. The highest BCUT2D eigenvalue weighted by Gasteiger charge is 2.36. The van der Waals surface area contributed by atoms with Gasteiger partial charge in [-0.05, 0) is 48.6 Å². The smallest absolute Gasteiger partial charge is 0.161 e. The van der Waals surface area contributed by atoms with Crippen molar-refractivity contribution in [3.8, 4) is 17.6 Å². The van der Waals surface area contributed by atoms with Gasteiger partial charge >= 0.3 is 0 Å². The summed E-state index contributed by atoms with van der Waals surface area (Å²) in [6.07, 6.45) is 1.83. The van der Waals surface area contributed by atoms with Crippen molar-refractivity contribution in [2.24, 2.45) is 5.92 Å². The maximum Gasteiger partial charge on any atom is 0.161 e. The van der Waals surface area contributed by atoms with E-state index >= 15 is 0 Å². The average molecular weight is 436 g/mol. The van der Waals surface area contributed by atoms with E-state index in [9.17, 15) is 5.26 Å². The third-order valence-electron chi connectivity index (χ3n) is 6.84. The summed E-state index contributed by atoms with van der Waals surface area (Å²) in [5, 5.41) is 10.3. The molecule has 0 N–H and O–H groups in total.